The first-order chi connectivity index (χ1) is 9.62. The summed E-state index contributed by atoms with van der Waals surface area (Å²) >= 11 is 0. The van der Waals surface area contributed by atoms with Crippen LogP contribution in [0.1, 0.15) is 45.7 Å². The van der Waals surface area contributed by atoms with E-state index >= 15 is 0 Å². The molecular formula is C16H29N3O. The van der Waals surface area contributed by atoms with E-state index in [1.54, 1.807) is 0 Å². The fourth-order valence-corrected chi connectivity index (χ4v) is 2.31. The van der Waals surface area contributed by atoms with Gasteiger partial charge in [-0.2, -0.15) is 0 Å². The van der Waals surface area contributed by atoms with Gasteiger partial charge in [0.1, 0.15) is 5.75 Å². The second-order valence-corrected chi connectivity index (χ2v) is 5.24. The van der Waals surface area contributed by atoms with Gasteiger partial charge in [0.25, 0.3) is 0 Å². The van der Waals surface area contributed by atoms with Gasteiger partial charge in [0, 0.05) is 5.56 Å². The van der Waals surface area contributed by atoms with E-state index in [2.05, 4.69) is 30.2 Å². The van der Waals surface area contributed by atoms with Crippen LogP contribution in [-0.4, -0.2) is 30.6 Å². The molecule has 0 aliphatic heterocycles. The van der Waals surface area contributed by atoms with Crippen LogP contribution in [0.25, 0.3) is 0 Å². The number of ether oxygens (including phenoxy) is 1. The molecule has 0 radical (unpaired) electrons. The highest BCUT2D eigenvalue weighted by molar-refractivity contribution is 5.36. The van der Waals surface area contributed by atoms with E-state index in [-0.39, 0.29) is 12.1 Å². The van der Waals surface area contributed by atoms with Gasteiger partial charge in [0.15, 0.2) is 0 Å². The van der Waals surface area contributed by atoms with E-state index in [1.165, 1.54) is 0 Å². The summed E-state index contributed by atoms with van der Waals surface area (Å²) in [5.41, 5.74) is 4.06. The molecule has 0 heterocycles. The van der Waals surface area contributed by atoms with Crippen molar-refractivity contribution in [3.8, 4) is 5.75 Å². The molecule has 20 heavy (non-hydrogen) atoms. The lowest BCUT2D eigenvalue weighted by molar-refractivity contribution is 0.234. The van der Waals surface area contributed by atoms with Crippen molar-refractivity contribution in [1.29, 1.82) is 0 Å². The summed E-state index contributed by atoms with van der Waals surface area (Å²) in [5, 5.41) is 0. The highest BCUT2D eigenvalue weighted by atomic mass is 16.5. The quantitative estimate of drug-likeness (QED) is 0.539. The van der Waals surface area contributed by atoms with Crippen LogP contribution >= 0.6 is 0 Å². The Bertz CT molecular complexity index is 378. The van der Waals surface area contributed by atoms with Crippen LogP contribution in [0.5, 0.6) is 5.75 Å². The lowest BCUT2D eigenvalue weighted by Crippen LogP contribution is -2.33. The Balaban J connectivity index is 2.78. The molecule has 3 N–H and O–H groups in total. The third-order valence-electron chi connectivity index (χ3n) is 3.49. The number of hydrogen-bond acceptors (Lipinski definition) is 4. The Hall–Kier alpha value is -1.10. The van der Waals surface area contributed by atoms with Gasteiger partial charge in [0.2, 0.25) is 0 Å². The van der Waals surface area contributed by atoms with Gasteiger partial charge >= 0.3 is 0 Å². The molecule has 0 aromatic heterocycles. The third-order valence-corrected chi connectivity index (χ3v) is 3.49. The van der Waals surface area contributed by atoms with Gasteiger partial charge in [-0.1, -0.05) is 32.0 Å². The monoisotopic (exact) mass is 279 g/mol. The highest BCUT2D eigenvalue weighted by Gasteiger charge is 2.16. The Morgan fingerprint density at radius 2 is 1.85 bits per heavy atom. The minimum atomic E-state index is 0.116. The average molecular weight is 279 g/mol. The van der Waals surface area contributed by atoms with Crippen molar-refractivity contribution in [2.45, 2.75) is 46.3 Å². The highest BCUT2D eigenvalue weighted by Crippen LogP contribution is 2.27. The largest absolute Gasteiger partial charge is 0.491 e. The predicted molar refractivity (Wildman–Crippen MR) is 84.7 cm³/mol. The van der Waals surface area contributed by atoms with Crippen LogP contribution in [0.2, 0.25) is 0 Å². The van der Waals surface area contributed by atoms with Gasteiger partial charge in [-0.25, -0.2) is 0 Å². The van der Waals surface area contributed by atoms with Crippen molar-refractivity contribution < 1.29 is 4.74 Å². The van der Waals surface area contributed by atoms with Gasteiger partial charge < -0.3 is 9.64 Å². The average Bonchev–Trinajstić information content (AvgIpc) is 2.44. The maximum Gasteiger partial charge on any atom is 0.124 e. The molecule has 1 aromatic carbocycles. The molecule has 4 nitrogen and oxygen atoms in total. The molecule has 0 amide bonds. The second-order valence-electron chi connectivity index (χ2n) is 5.24. The van der Waals surface area contributed by atoms with Crippen LogP contribution in [0, 0.1) is 0 Å². The molecule has 0 aliphatic carbocycles. The number of rotatable bonds is 9. The lowest BCUT2D eigenvalue weighted by atomic mass is 10.0. The zero-order valence-corrected chi connectivity index (χ0v) is 13.2. The number of nitrogens with zero attached hydrogens (tertiary/aromatic N) is 1. The maximum atomic E-state index is 5.88. The first-order valence-electron chi connectivity index (χ1n) is 7.56. The number of para-hydroxylation sites is 1. The summed E-state index contributed by atoms with van der Waals surface area (Å²) in [4.78, 5) is 2.40. The van der Waals surface area contributed by atoms with Crippen molar-refractivity contribution in [2.75, 3.05) is 19.6 Å². The Kier molecular flexibility index (Phi) is 7.59. The smallest absolute Gasteiger partial charge is 0.124 e. The van der Waals surface area contributed by atoms with Crippen LogP contribution in [0.4, 0.5) is 0 Å². The second kappa shape index (κ2) is 8.95. The molecule has 0 fully saturated rings. The third kappa shape index (κ3) is 5.12. The fraction of sp³-hybridized carbons (Fsp3) is 0.625. The summed E-state index contributed by atoms with van der Waals surface area (Å²) in [6, 6.07) is 8.25. The molecule has 0 bridgehead atoms. The van der Waals surface area contributed by atoms with Crippen molar-refractivity contribution in [2.24, 2.45) is 5.84 Å². The van der Waals surface area contributed by atoms with Crippen LogP contribution in [-0.2, 0) is 0 Å². The van der Waals surface area contributed by atoms with Crippen LogP contribution in [0.3, 0.4) is 0 Å². The van der Waals surface area contributed by atoms with E-state index < -0.39 is 0 Å². The molecule has 0 spiro atoms. The van der Waals surface area contributed by atoms with Crippen molar-refractivity contribution >= 4 is 0 Å². The molecule has 4 heteroatoms. The molecule has 1 aromatic rings. The SMILES string of the molecule is CCN(CC)CCC(NN)c1ccccc1OC(C)C. The molecule has 1 atom stereocenters. The number of hydrazine groups is 1. The summed E-state index contributed by atoms with van der Waals surface area (Å²) in [6.45, 7) is 11.6. The van der Waals surface area contributed by atoms with Crippen molar-refractivity contribution in [3.63, 3.8) is 0 Å². The number of hydrogen-bond donors (Lipinski definition) is 2. The van der Waals surface area contributed by atoms with E-state index in [0.717, 1.165) is 37.4 Å². The van der Waals surface area contributed by atoms with E-state index in [4.69, 9.17) is 10.6 Å². The molecule has 114 valence electrons. The minimum absolute atomic E-state index is 0.116. The van der Waals surface area contributed by atoms with Gasteiger partial charge in [-0.15, -0.1) is 0 Å². The number of nitrogens with one attached hydrogen (secondary N) is 1. The first kappa shape index (κ1) is 17.0. The van der Waals surface area contributed by atoms with E-state index in [0.29, 0.717) is 0 Å². The van der Waals surface area contributed by atoms with Crippen molar-refractivity contribution in [3.05, 3.63) is 29.8 Å². The van der Waals surface area contributed by atoms with E-state index in [1.807, 2.05) is 32.0 Å². The first-order valence-corrected chi connectivity index (χ1v) is 7.56. The maximum absolute atomic E-state index is 5.88. The fourth-order valence-electron chi connectivity index (χ4n) is 2.31. The van der Waals surface area contributed by atoms with Crippen LogP contribution in [0.15, 0.2) is 24.3 Å². The standard InChI is InChI=1S/C16H29N3O/c1-5-19(6-2)12-11-15(18-17)14-9-7-8-10-16(14)20-13(3)4/h7-10,13,15,18H,5-6,11-12,17H2,1-4H3. The normalized spacial score (nSPS) is 12.9. The van der Waals surface area contributed by atoms with Gasteiger partial charge in [0.05, 0.1) is 12.1 Å². The topological polar surface area (TPSA) is 50.5 Å². The summed E-state index contributed by atoms with van der Waals surface area (Å²) in [5.74, 6) is 6.67. The van der Waals surface area contributed by atoms with Gasteiger partial charge in [-0.05, 0) is 46.0 Å². The molecule has 0 aliphatic rings. The summed E-state index contributed by atoms with van der Waals surface area (Å²) in [6.07, 6.45) is 1.13. The summed E-state index contributed by atoms with van der Waals surface area (Å²) in [7, 11) is 0. The number of nitrogens with two attached hydrogens (primary N) is 1. The summed E-state index contributed by atoms with van der Waals surface area (Å²) < 4.78 is 5.88. The van der Waals surface area contributed by atoms with E-state index in [9.17, 15) is 0 Å². The zero-order chi connectivity index (χ0) is 15.0. The minimum Gasteiger partial charge on any atom is -0.491 e. The van der Waals surface area contributed by atoms with Gasteiger partial charge in [-0.3, -0.25) is 11.3 Å². The Labute approximate surface area is 123 Å². The Morgan fingerprint density at radius 3 is 2.40 bits per heavy atom. The van der Waals surface area contributed by atoms with Crippen LogP contribution < -0.4 is 16.0 Å². The van der Waals surface area contributed by atoms with Crippen molar-refractivity contribution in [1.82, 2.24) is 10.3 Å². The zero-order valence-electron chi connectivity index (χ0n) is 13.2. The molecule has 1 unspecified atom stereocenters. The predicted octanol–water partition coefficient (Wildman–Crippen LogP) is 2.71. The Morgan fingerprint density at radius 1 is 1.20 bits per heavy atom. The molecular weight excluding hydrogens is 250 g/mol. The molecule has 1 rings (SSSR count). The lowest BCUT2D eigenvalue weighted by Gasteiger charge is -2.24. The molecule has 0 saturated heterocycles. The molecule has 0 saturated carbocycles. The number of benzene rings is 1.